The van der Waals surface area contributed by atoms with Crippen LogP contribution >= 0.6 is 0 Å². The van der Waals surface area contributed by atoms with Crippen molar-refractivity contribution in [1.29, 1.82) is 0 Å². The van der Waals surface area contributed by atoms with Crippen LogP contribution < -0.4 is 0 Å². The average molecular weight is 410 g/mol. The summed E-state index contributed by atoms with van der Waals surface area (Å²) in [6.45, 7) is 4.27. The molecule has 1 N–H and O–H groups in total. The molecule has 0 fully saturated rings. The zero-order chi connectivity index (χ0) is 21.4. The largest absolute Gasteiger partial charge is 0.350 e. The summed E-state index contributed by atoms with van der Waals surface area (Å²) in [5.41, 5.74) is 3.74. The van der Waals surface area contributed by atoms with E-state index < -0.39 is 17.5 Å². The number of fused-ring (bicyclic) bond motifs is 1. The summed E-state index contributed by atoms with van der Waals surface area (Å²) < 4.78 is 32.3. The van der Waals surface area contributed by atoms with Gasteiger partial charge in [0.25, 0.3) is 11.8 Å². The number of carbonyl (C=O) groups is 1. The van der Waals surface area contributed by atoms with Crippen LogP contribution in [0.15, 0.2) is 40.9 Å². The molecular weight excluding hydrogens is 390 g/mol. The minimum atomic E-state index is -0.891. The SMILES string of the molecule is Cc1ccc2[nH]c(-c3nc(CCN(C)C(=O)c4ccc(F)cc4F)no3)c(C)c2c1. The van der Waals surface area contributed by atoms with Crippen molar-refractivity contribution < 1.29 is 18.1 Å². The quantitative estimate of drug-likeness (QED) is 0.528. The fourth-order valence-corrected chi connectivity index (χ4v) is 3.35. The normalized spacial score (nSPS) is 11.2. The average Bonchev–Trinajstić information content (AvgIpc) is 3.30. The predicted molar refractivity (Wildman–Crippen MR) is 108 cm³/mol. The number of aromatic amines is 1. The molecule has 0 aliphatic rings. The van der Waals surface area contributed by atoms with Crippen LogP contribution in [-0.4, -0.2) is 39.5 Å². The minimum absolute atomic E-state index is 0.184. The van der Waals surface area contributed by atoms with Crippen LogP contribution in [-0.2, 0) is 6.42 Å². The second-order valence-electron chi connectivity index (χ2n) is 7.29. The Hall–Kier alpha value is -3.55. The van der Waals surface area contributed by atoms with Crippen molar-refractivity contribution in [3.63, 3.8) is 0 Å². The highest BCUT2D eigenvalue weighted by Crippen LogP contribution is 2.29. The Bertz CT molecular complexity index is 1250. The van der Waals surface area contributed by atoms with Gasteiger partial charge in [0, 0.05) is 37.0 Å². The van der Waals surface area contributed by atoms with Crippen molar-refractivity contribution in [3.05, 3.63) is 70.5 Å². The molecule has 4 rings (SSSR count). The number of amides is 1. The molecule has 0 saturated heterocycles. The molecule has 0 bridgehead atoms. The number of halogens is 2. The van der Waals surface area contributed by atoms with Gasteiger partial charge in [-0.05, 0) is 43.7 Å². The van der Waals surface area contributed by atoms with E-state index in [0.717, 1.165) is 39.9 Å². The van der Waals surface area contributed by atoms with Crippen molar-refractivity contribution >= 4 is 16.8 Å². The molecule has 2 heterocycles. The van der Waals surface area contributed by atoms with Crippen molar-refractivity contribution in [1.82, 2.24) is 20.0 Å². The third-order valence-electron chi connectivity index (χ3n) is 5.07. The molecule has 4 aromatic rings. The maximum Gasteiger partial charge on any atom is 0.274 e. The number of nitrogens with zero attached hydrogens (tertiary/aromatic N) is 3. The van der Waals surface area contributed by atoms with E-state index in [4.69, 9.17) is 4.52 Å². The highest BCUT2D eigenvalue weighted by molar-refractivity contribution is 5.94. The van der Waals surface area contributed by atoms with Crippen LogP contribution in [0.4, 0.5) is 8.78 Å². The highest BCUT2D eigenvalue weighted by atomic mass is 19.1. The number of benzene rings is 2. The third-order valence-corrected chi connectivity index (χ3v) is 5.07. The number of hydrogen-bond acceptors (Lipinski definition) is 4. The summed E-state index contributed by atoms with van der Waals surface area (Å²) in [7, 11) is 1.54. The topological polar surface area (TPSA) is 75.0 Å². The minimum Gasteiger partial charge on any atom is -0.350 e. The first-order chi connectivity index (χ1) is 14.3. The lowest BCUT2D eigenvalue weighted by Gasteiger charge is -2.16. The van der Waals surface area contributed by atoms with Crippen LogP contribution in [0.3, 0.4) is 0 Å². The first-order valence-corrected chi connectivity index (χ1v) is 9.46. The molecule has 30 heavy (non-hydrogen) atoms. The number of carbonyl (C=O) groups excluding carboxylic acids is 1. The lowest BCUT2D eigenvalue weighted by molar-refractivity contribution is 0.0791. The zero-order valence-corrected chi connectivity index (χ0v) is 16.8. The molecule has 6 nitrogen and oxygen atoms in total. The van der Waals surface area contributed by atoms with Crippen LogP contribution in [0.25, 0.3) is 22.5 Å². The van der Waals surface area contributed by atoms with Gasteiger partial charge in [-0.2, -0.15) is 4.98 Å². The van der Waals surface area contributed by atoms with E-state index >= 15 is 0 Å². The maximum absolute atomic E-state index is 13.8. The Morgan fingerprint density at radius 3 is 2.73 bits per heavy atom. The van der Waals surface area contributed by atoms with E-state index in [-0.39, 0.29) is 12.1 Å². The Morgan fingerprint density at radius 1 is 1.17 bits per heavy atom. The van der Waals surface area contributed by atoms with Gasteiger partial charge in [0.15, 0.2) is 5.82 Å². The molecule has 1 amide bonds. The number of hydrogen-bond donors (Lipinski definition) is 1. The van der Waals surface area contributed by atoms with Gasteiger partial charge in [-0.15, -0.1) is 0 Å². The number of nitrogens with one attached hydrogen (secondary N) is 1. The first-order valence-electron chi connectivity index (χ1n) is 9.46. The second-order valence-corrected chi connectivity index (χ2v) is 7.29. The van der Waals surface area contributed by atoms with E-state index in [1.807, 2.05) is 26.0 Å². The van der Waals surface area contributed by atoms with Crippen molar-refractivity contribution in [3.8, 4) is 11.6 Å². The summed E-state index contributed by atoms with van der Waals surface area (Å²) >= 11 is 0. The fourth-order valence-electron chi connectivity index (χ4n) is 3.35. The van der Waals surface area contributed by atoms with E-state index in [1.54, 1.807) is 0 Å². The molecule has 0 aliphatic heterocycles. The Kier molecular flexibility index (Phi) is 5.07. The number of rotatable bonds is 5. The van der Waals surface area contributed by atoms with Crippen molar-refractivity contribution in [2.75, 3.05) is 13.6 Å². The van der Waals surface area contributed by atoms with E-state index in [2.05, 4.69) is 21.2 Å². The van der Waals surface area contributed by atoms with Crippen LogP contribution in [0.5, 0.6) is 0 Å². The predicted octanol–water partition coefficient (Wildman–Crippen LogP) is 4.43. The van der Waals surface area contributed by atoms with Gasteiger partial charge in [0.05, 0.1) is 5.56 Å². The molecule has 0 spiro atoms. The van der Waals surface area contributed by atoms with Gasteiger partial charge < -0.3 is 14.4 Å². The van der Waals surface area contributed by atoms with E-state index in [0.29, 0.717) is 24.2 Å². The van der Waals surface area contributed by atoms with Gasteiger partial charge in [0.2, 0.25) is 0 Å². The summed E-state index contributed by atoms with van der Waals surface area (Å²) in [6.07, 6.45) is 0.326. The molecular formula is C22H20F2N4O2. The number of aromatic nitrogens is 3. The highest BCUT2D eigenvalue weighted by Gasteiger charge is 2.19. The van der Waals surface area contributed by atoms with Crippen LogP contribution in [0.1, 0.15) is 27.3 Å². The third kappa shape index (κ3) is 3.68. The number of aryl methyl sites for hydroxylation is 2. The lowest BCUT2D eigenvalue weighted by Crippen LogP contribution is -2.29. The van der Waals surface area contributed by atoms with Crippen molar-refractivity contribution in [2.45, 2.75) is 20.3 Å². The summed E-state index contributed by atoms with van der Waals surface area (Å²) in [5, 5.41) is 5.08. The molecule has 2 aromatic heterocycles. The summed E-state index contributed by atoms with van der Waals surface area (Å²) in [5.74, 6) is -1.36. The standard InChI is InChI=1S/C22H20F2N4O2/c1-12-4-7-18-16(10-12)13(2)20(25-18)21-26-19(27-30-21)8-9-28(3)22(29)15-6-5-14(23)11-17(15)24/h4-7,10-11,25H,8-9H2,1-3H3. The van der Waals surface area contributed by atoms with Crippen LogP contribution in [0, 0.1) is 25.5 Å². The van der Waals surface area contributed by atoms with Gasteiger partial charge in [0.1, 0.15) is 17.3 Å². The second kappa shape index (κ2) is 7.70. The van der Waals surface area contributed by atoms with Gasteiger partial charge in [-0.3, -0.25) is 4.79 Å². The molecule has 154 valence electrons. The molecule has 0 atom stereocenters. The Morgan fingerprint density at radius 2 is 1.97 bits per heavy atom. The van der Waals surface area contributed by atoms with Gasteiger partial charge in [-0.25, -0.2) is 8.78 Å². The first kappa shape index (κ1) is 19.8. The maximum atomic E-state index is 13.8. The monoisotopic (exact) mass is 410 g/mol. The summed E-state index contributed by atoms with van der Waals surface area (Å²) in [6, 6.07) is 9.01. The number of likely N-dealkylation sites (N-methyl/N-ethyl adjacent to an activating group) is 1. The molecule has 0 saturated carbocycles. The lowest BCUT2D eigenvalue weighted by atomic mass is 10.1. The van der Waals surface area contributed by atoms with Gasteiger partial charge >= 0.3 is 0 Å². The molecule has 0 radical (unpaired) electrons. The van der Waals surface area contributed by atoms with Crippen LogP contribution in [0.2, 0.25) is 0 Å². The molecule has 0 aliphatic carbocycles. The van der Waals surface area contributed by atoms with E-state index in [9.17, 15) is 13.6 Å². The Balaban J connectivity index is 1.47. The zero-order valence-electron chi connectivity index (χ0n) is 16.8. The van der Waals surface area contributed by atoms with Gasteiger partial charge in [-0.1, -0.05) is 16.8 Å². The summed E-state index contributed by atoms with van der Waals surface area (Å²) in [4.78, 5) is 21.5. The van der Waals surface area contributed by atoms with E-state index in [1.165, 1.54) is 11.9 Å². The number of H-pyrrole nitrogens is 1. The molecule has 8 heteroatoms. The molecule has 0 unspecified atom stereocenters. The molecule has 2 aromatic carbocycles. The fraction of sp³-hybridized carbons (Fsp3) is 0.227. The van der Waals surface area contributed by atoms with Crippen molar-refractivity contribution in [2.24, 2.45) is 0 Å². The smallest absolute Gasteiger partial charge is 0.274 e. The Labute approximate surface area is 171 Å².